The average molecular weight is 688 g/mol. The van der Waals surface area contributed by atoms with Crippen LogP contribution in [0.15, 0.2) is 77.3 Å². The number of esters is 2. The molecule has 0 saturated carbocycles. The first kappa shape index (κ1) is 33.3. The van der Waals surface area contributed by atoms with Crippen LogP contribution in [0.4, 0.5) is 0 Å². The van der Waals surface area contributed by atoms with Gasteiger partial charge in [0, 0.05) is 4.47 Å². The van der Waals surface area contributed by atoms with Crippen molar-refractivity contribution in [1.82, 2.24) is 0 Å². The molecule has 3 aliphatic heterocycles. The third-order valence-corrected chi connectivity index (χ3v) is 8.57. The molecule has 0 spiro atoms. The fourth-order valence-electron chi connectivity index (χ4n) is 5.71. The zero-order valence-electron chi connectivity index (χ0n) is 25.3. The summed E-state index contributed by atoms with van der Waals surface area (Å²) in [7, 11) is 2.96. The molecule has 5 rings (SSSR count). The van der Waals surface area contributed by atoms with E-state index in [1.54, 1.807) is 43.5 Å². The Morgan fingerprint density at radius 2 is 1.76 bits per heavy atom. The highest BCUT2D eigenvalue weighted by Gasteiger charge is 2.52. The number of ether oxygens (including phenoxy) is 7. The smallest absolute Gasteiger partial charge is 0.338 e. The summed E-state index contributed by atoms with van der Waals surface area (Å²) in [5, 5.41) is 10.6. The topological polar surface area (TPSA) is 119 Å². The summed E-state index contributed by atoms with van der Waals surface area (Å²) in [4.78, 5) is 25.4. The predicted molar refractivity (Wildman–Crippen MR) is 167 cm³/mol. The van der Waals surface area contributed by atoms with E-state index < -0.39 is 42.6 Å². The van der Waals surface area contributed by atoms with Gasteiger partial charge < -0.3 is 38.3 Å². The van der Waals surface area contributed by atoms with Gasteiger partial charge in [-0.05, 0) is 61.2 Å². The van der Waals surface area contributed by atoms with Crippen LogP contribution in [0.1, 0.15) is 41.6 Å². The first-order chi connectivity index (χ1) is 21.8. The third kappa shape index (κ3) is 9.02. The van der Waals surface area contributed by atoms with Crippen LogP contribution in [-0.4, -0.2) is 86.7 Å². The monoisotopic (exact) mass is 686 g/mol. The second kappa shape index (κ2) is 16.0. The highest BCUT2D eigenvalue weighted by Crippen LogP contribution is 2.38. The first-order valence-electron chi connectivity index (χ1n) is 15.1. The Balaban J connectivity index is 1.27. The van der Waals surface area contributed by atoms with Crippen LogP contribution in [0.3, 0.4) is 0 Å². The molecule has 242 valence electrons. The van der Waals surface area contributed by atoms with E-state index in [2.05, 4.69) is 15.9 Å². The Kier molecular flexibility index (Phi) is 11.8. The zero-order valence-corrected chi connectivity index (χ0v) is 26.9. The number of benzene rings is 2. The summed E-state index contributed by atoms with van der Waals surface area (Å²) in [6.07, 6.45) is 4.49. The lowest BCUT2D eigenvalue weighted by atomic mass is 9.87. The number of halogens is 1. The van der Waals surface area contributed by atoms with Crippen molar-refractivity contribution in [2.24, 2.45) is 0 Å². The quantitative estimate of drug-likeness (QED) is 0.263. The van der Waals surface area contributed by atoms with Gasteiger partial charge in [0.15, 0.2) is 6.10 Å². The Morgan fingerprint density at radius 1 is 1.00 bits per heavy atom. The van der Waals surface area contributed by atoms with Crippen LogP contribution in [0.2, 0.25) is 0 Å². The number of hydrogen-bond donors (Lipinski definition) is 1. The SMILES string of the molecule is COC(=O)C[C@@H]1CC[C@H]2O[C@H]3CC=C[C@H](/C=C/C(O)COCc4ccc(OC)cc4)O[C@@H]3[C@@H](OC(=O)c3ccc(Br)cc3)[C@@H]2O1. The highest BCUT2D eigenvalue weighted by atomic mass is 79.9. The van der Waals surface area contributed by atoms with E-state index in [9.17, 15) is 14.7 Å². The number of hydrogen-bond acceptors (Lipinski definition) is 10. The van der Waals surface area contributed by atoms with Gasteiger partial charge in [0.1, 0.15) is 18.0 Å². The fourth-order valence-corrected chi connectivity index (χ4v) is 5.97. The summed E-state index contributed by atoms with van der Waals surface area (Å²) in [5.74, 6) is -0.119. The van der Waals surface area contributed by atoms with Gasteiger partial charge in [-0.3, -0.25) is 4.79 Å². The molecule has 2 aromatic carbocycles. The predicted octanol–water partition coefficient (Wildman–Crippen LogP) is 4.71. The largest absolute Gasteiger partial charge is 0.497 e. The third-order valence-electron chi connectivity index (χ3n) is 8.05. The van der Waals surface area contributed by atoms with E-state index in [0.717, 1.165) is 15.8 Å². The van der Waals surface area contributed by atoms with Crippen molar-refractivity contribution in [3.05, 3.63) is 88.4 Å². The maximum atomic E-state index is 13.3. The molecule has 3 aliphatic rings. The van der Waals surface area contributed by atoms with Crippen molar-refractivity contribution in [2.45, 2.75) is 81.1 Å². The molecule has 2 saturated heterocycles. The number of aliphatic hydroxyl groups is 1. The Bertz CT molecular complexity index is 1330. The minimum atomic E-state index is -0.863. The molecule has 8 atom stereocenters. The van der Waals surface area contributed by atoms with Crippen molar-refractivity contribution in [1.29, 1.82) is 0 Å². The second-order valence-electron chi connectivity index (χ2n) is 11.2. The van der Waals surface area contributed by atoms with Gasteiger partial charge in [0.05, 0.1) is 69.9 Å². The Labute approximate surface area is 271 Å². The molecular formula is C34H39BrO10. The van der Waals surface area contributed by atoms with Gasteiger partial charge in [-0.2, -0.15) is 0 Å². The van der Waals surface area contributed by atoms with E-state index in [0.29, 0.717) is 31.4 Å². The number of carbonyl (C=O) groups excluding carboxylic acids is 2. The molecule has 11 heteroatoms. The molecule has 0 bridgehead atoms. The number of methoxy groups -OCH3 is 2. The summed E-state index contributed by atoms with van der Waals surface area (Å²) in [5.41, 5.74) is 1.35. The van der Waals surface area contributed by atoms with Crippen LogP contribution in [0, 0.1) is 0 Å². The summed E-state index contributed by atoms with van der Waals surface area (Å²) in [6, 6.07) is 14.4. The van der Waals surface area contributed by atoms with E-state index >= 15 is 0 Å². The average Bonchev–Trinajstić information content (AvgIpc) is 3.26. The molecule has 0 aliphatic carbocycles. The number of aliphatic hydroxyl groups excluding tert-OH is 1. The van der Waals surface area contributed by atoms with Gasteiger partial charge in [0.2, 0.25) is 0 Å². The lowest BCUT2D eigenvalue weighted by molar-refractivity contribution is -0.271. The summed E-state index contributed by atoms with van der Waals surface area (Å²) < 4.78 is 42.0. The lowest BCUT2D eigenvalue weighted by Crippen LogP contribution is -2.63. The van der Waals surface area contributed by atoms with Gasteiger partial charge in [-0.15, -0.1) is 0 Å². The van der Waals surface area contributed by atoms with Crippen LogP contribution in [0.25, 0.3) is 0 Å². The van der Waals surface area contributed by atoms with Crippen LogP contribution in [0.5, 0.6) is 5.75 Å². The molecule has 2 aromatic rings. The fraction of sp³-hybridized carbons (Fsp3) is 0.471. The maximum absolute atomic E-state index is 13.3. The summed E-state index contributed by atoms with van der Waals surface area (Å²) >= 11 is 3.40. The molecule has 0 amide bonds. The molecule has 2 fully saturated rings. The van der Waals surface area contributed by atoms with Crippen LogP contribution >= 0.6 is 15.9 Å². The lowest BCUT2D eigenvalue weighted by Gasteiger charge is -2.49. The minimum absolute atomic E-state index is 0.0907. The van der Waals surface area contributed by atoms with Crippen molar-refractivity contribution in [3.63, 3.8) is 0 Å². The molecule has 1 N–H and O–H groups in total. The van der Waals surface area contributed by atoms with E-state index in [-0.39, 0.29) is 31.2 Å². The van der Waals surface area contributed by atoms with Gasteiger partial charge >= 0.3 is 11.9 Å². The molecule has 0 aromatic heterocycles. The van der Waals surface area contributed by atoms with Gasteiger partial charge in [0.25, 0.3) is 0 Å². The first-order valence-corrected chi connectivity index (χ1v) is 15.9. The highest BCUT2D eigenvalue weighted by molar-refractivity contribution is 9.10. The Morgan fingerprint density at radius 3 is 2.49 bits per heavy atom. The van der Waals surface area contributed by atoms with Gasteiger partial charge in [-0.25, -0.2) is 4.79 Å². The van der Waals surface area contributed by atoms with E-state index in [1.165, 1.54) is 7.11 Å². The van der Waals surface area contributed by atoms with Crippen molar-refractivity contribution in [3.8, 4) is 5.75 Å². The number of fused-ring (bicyclic) bond motifs is 2. The van der Waals surface area contributed by atoms with E-state index in [1.807, 2.05) is 36.4 Å². The molecular weight excluding hydrogens is 648 g/mol. The summed E-state index contributed by atoms with van der Waals surface area (Å²) in [6.45, 7) is 0.446. The number of rotatable bonds is 11. The zero-order chi connectivity index (χ0) is 31.8. The minimum Gasteiger partial charge on any atom is -0.497 e. The number of carbonyl (C=O) groups is 2. The maximum Gasteiger partial charge on any atom is 0.338 e. The molecule has 3 heterocycles. The van der Waals surface area contributed by atoms with Crippen LogP contribution in [-0.2, 0) is 39.8 Å². The van der Waals surface area contributed by atoms with Crippen LogP contribution < -0.4 is 4.74 Å². The standard InChI is InChI=1S/C34H39BrO10/c1-39-25-13-6-21(7-14-25)19-41-20-24(36)12-15-26-4-3-5-28-31(42-26)33(45-34(38)22-8-10-23(35)11-9-22)32-29(44-28)17-16-27(43-32)18-30(37)40-2/h3-4,6-15,24,26-29,31-33,36H,5,16-20H2,1-2H3/b15-12+/t24?,26-,27+,28+,29-,31+,32-,33-/m1/s1. The van der Waals surface area contributed by atoms with Crippen molar-refractivity contribution >= 4 is 27.9 Å². The molecule has 0 radical (unpaired) electrons. The second-order valence-corrected chi connectivity index (χ2v) is 12.1. The van der Waals surface area contributed by atoms with Crippen molar-refractivity contribution in [2.75, 3.05) is 20.8 Å². The van der Waals surface area contributed by atoms with Crippen molar-refractivity contribution < 1.29 is 47.9 Å². The van der Waals surface area contributed by atoms with Gasteiger partial charge in [-0.1, -0.05) is 52.4 Å². The Hall–Kier alpha value is -3.06. The molecule has 10 nitrogen and oxygen atoms in total. The molecule has 45 heavy (non-hydrogen) atoms. The van der Waals surface area contributed by atoms with E-state index in [4.69, 9.17) is 33.2 Å². The molecule has 1 unspecified atom stereocenters. The normalized spacial score (nSPS) is 28.4.